The summed E-state index contributed by atoms with van der Waals surface area (Å²) < 4.78 is 11.4. The van der Waals surface area contributed by atoms with Crippen LogP contribution < -0.4 is 4.74 Å². The Hall–Kier alpha value is -1.75. The molecule has 1 aromatic rings. The van der Waals surface area contributed by atoms with E-state index in [1.165, 1.54) is 0 Å². The second kappa shape index (κ2) is 7.21. The van der Waals surface area contributed by atoms with Gasteiger partial charge in [0.25, 0.3) is 0 Å². The van der Waals surface area contributed by atoms with Gasteiger partial charge in [-0.1, -0.05) is 18.2 Å². The van der Waals surface area contributed by atoms with E-state index in [2.05, 4.69) is 4.90 Å². The molecule has 1 atom stereocenters. The molecule has 126 valence electrons. The van der Waals surface area contributed by atoms with Gasteiger partial charge in [0, 0.05) is 13.6 Å². The molecule has 0 N–H and O–H groups in total. The minimum atomic E-state index is -0.273. The molecule has 5 heteroatoms. The highest BCUT2D eigenvalue weighted by Gasteiger charge is 2.46. The van der Waals surface area contributed by atoms with E-state index in [4.69, 9.17) is 9.47 Å². The monoisotopic (exact) mass is 318 g/mol. The van der Waals surface area contributed by atoms with E-state index in [1.807, 2.05) is 37.4 Å². The van der Waals surface area contributed by atoms with E-state index in [1.54, 1.807) is 4.90 Å². The first-order valence-corrected chi connectivity index (χ1v) is 8.51. The number of hydrogen-bond donors (Lipinski definition) is 0. The average Bonchev–Trinajstić information content (AvgIpc) is 2.81. The van der Waals surface area contributed by atoms with E-state index in [-0.39, 0.29) is 11.7 Å². The summed E-state index contributed by atoms with van der Waals surface area (Å²) in [6, 6.07) is 9.94. The quantitative estimate of drug-likeness (QED) is 0.756. The minimum Gasteiger partial charge on any atom is -0.494 e. The molecular weight excluding hydrogens is 292 g/mol. The van der Waals surface area contributed by atoms with Gasteiger partial charge in [0.2, 0.25) is 0 Å². The summed E-state index contributed by atoms with van der Waals surface area (Å²) >= 11 is 0. The number of nitrogens with zero attached hydrogens (tertiary/aromatic N) is 2. The number of benzene rings is 1. The lowest BCUT2D eigenvalue weighted by Crippen LogP contribution is -2.50. The Morgan fingerprint density at radius 1 is 1.22 bits per heavy atom. The summed E-state index contributed by atoms with van der Waals surface area (Å²) in [5, 5.41) is 0. The lowest BCUT2D eigenvalue weighted by Gasteiger charge is -2.38. The van der Waals surface area contributed by atoms with Crippen molar-refractivity contribution in [2.75, 3.05) is 39.8 Å². The van der Waals surface area contributed by atoms with Crippen LogP contribution in [0.2, 0.25) is 0 Å². The molecule has 2 aliphatic heterocycles. The Labute approximate surface area is 138 Å². The number of para-hydroxylation sites is 1. The molecule has 0 unspecified atom stereocenters. The maximum atomic E-state index is 11.7. The molecule has 1 spiro atoms. The van der Waals surface area contributed by atoms with E-state index >= 15 is 0 Å². The fourth-order valence-corrected chi connectivity index (χ4v) is 3.53. The minimum absolute atomic E-state index is 0.178. The third-order valence-electron chi connectivity index (χ3n) is 4.64. The van der Waals surface area contributed by atoms with Gasteiger partial charge in [0.15, 0.2) is 0 Å². The third-order valence-corrected chi connectivity index (χ3v) is 4.64. The first kappa shape index (κ1) is 16.1. The Morgan fingerprint density at radius 3 is 2.78 bits per heavy atom. The number of rotatable bonds is 6. The number of likely N-dealkylation sites (tertiary alicyclic amines) is 1. The molecule has 2 saturated heterocycles. The number of ether oxygens (including phenoxy) is 2. The Bertz CT molecular complexity index is 522. The van der Waals surface area contributed by atoms with Gasteiger partial charge in [-0.15, -0.1) is 0 Å². The highest BCUT2D eigenvalue weighted by molar-refractivity contribution is 5.70. The SMILES string of the molecule is CN1C[C@@]2(CCCN(CCCCOc3ccccc3)C2)OC1=O. The number of carbonyl (C=O) groups excluding carboxylic acids is 1. The zero-order chi connectivity index (χ0) is 16.1. The van der Waals surface area contributed by atoms with E-state index in [9.17, 15) is 4.79 Å². The standard InChI is InChI=1S/C18H26N2O3/c1-19-14-18(23-17(19)21)10-7-12-20(15-18)11-5-6-13-22-16-8-3-2-4-9-16/h2-4,8-9H,5-7,10-15H2,1H3/t18-/m1/s1. The Balaban J connectivity index is 1.36. The molecule has 0 bridgehead atoms. The third kappa shape index (κ3) is 4.16. The smallest absolute Gasteiger partial charge is 0.410 e. The highest BCUT2D eigenvalue weighted by atomic mass is 16.6. The number of hydrogen-bond acceptors (Lipinski definition) is 4. The molecule has 0 saturated carbocycles. The van der Waals surface area contributed by atoms with Crippen molar-refractivity contribution in [2.45, 2.75) is 31.3 Å². The summed E-state index contributed by atoms with van der Waals surface area (Å²) in [7, 11) is 1.82. The first-order chi connectivity index (χ1) is 11.2. The van der Waals surface area contributed by atoms with Gasteiger partial charge >= 0.3 is 6.09 Å². The summed E-state index contributed by atoms with van der Waals surface area (Å²) in [5.41, 5.74) is -0.273. The van der Waals surface area contributed by atoms with Crippen molar-refractivity contribution in [2.24, 2.45) is 0 Å². The van der Waals surface area contributed by atoms with Crippen LogP contribution in [0.4, 0.5) is 4.79 Å². The van der Waals surface area contributed by atoms with Crippen molar-refractivity contribution in [1.29, 1.82) is 0 Å². The largest absolute Gasteiger partial charge is 0.494 e. The van der Waals surface area contributed by atoms with E-state index in [0.29, 0.717) is 0 Å². The second-order valence-electron chi connectivity index (χ2n) is 6.66. The number of unbranched alkanes of at least 4 members (excludes halogenated alkanes) is 1. The van der Waals surface area contributed by atoms with Crippen molar-refractivity contribution < 1.29 is 14.3 Å². The average molecular weight is 318 g/mol. The maximum Gasteiger partial charge on any atom is 0.410 e. The second-order valence-corrected chi connectivity index (χ2v) is 6.66. The molecule has 2 heterocycles. The van der Waals surface area contributed by atoms with Crippen molar-refractivity contribution in [3.63, 3.8) is 0 Å². The zero-order valence-corrected chi connectivity index (χ0v) is 13.9. The van der Waals surface area contributed by atoms with Crippen LogP contribution in [-0.4, -0.2) is 61.3 Å². The van der Waals surface area contributed by atoms with Gasteiger partial charge in [-0.05, 0) is 50.9 Å². The van der Waals surface area contributed by atoms with Gasteiger partial charge in [-0.2, -0.15) is 0 Å². The van der Waals surface area contributed by atoms with Gasteiger partial charge in [0.1, 0.15) is 11.4 Å². The molecule has 5 nitrogen and oxygen atoms in total. The molecular formula is C18H26N2O3. The predicted molar refractivity (Wildman–Crippen MR) is 88.7 cm³/mol. The fraction of sp³-hybridized carbons (Fsp3) is 0.611. The first-order valence-electron chi connectivity index (χ1n) is 8.51. The van der Waals surface area contributed by atoms with Crippen LogP contribution in [0.25, 0.3) is 0 Å². The lowest BCUT2D eigenvalue weighted by atomic mass is 9.92. The van der Waals surface area contributed by atoms with Crippen molar-refractivity contribution >= 4 is 6.09 Å². The highest BCUT2D eigenvalue weighted by Crippen LogP contribution is 2.31. The molecule has 0 aliphatic carbocycles. The topological polar surface area (TPSA) is 42.0 Å². The molecule has 0 aromatic heterocycles. The summed E-state index contributed by atoms with van der Waals surface area (Å²) in [5.74, 6) is 0.935. The summed E-state index contributed by atoms with van der Waals surface area (Å²) in [6.45, 7) is 4.48. The van der Waals surface area contributed by atoms with Crippen molar-refractivity contribution in [3.8, 4) is 5.75 Å². The zero-order valence-electron chi connectivity index (χ0n) is 13.9. The van der Waals surface area contributed by atoms with Crippen LogP contribution in [0.1, 0.15) is 25.7 Å². The number of likely N-dealkylation sites (N-methyl/N-ethyl adjacent to an activating group) is 1. The van der Waals surface area contributed by atoms with Crippen molar-refractivity contribution in [1.82, 2.24) is 9.80 Å². The van der Waals surface area contributed by atoms with Crippen molar-refractivity contribution in [3.05, 3.63) is 30.3 Å². The van der Waals surface area contributed by atoms with Gasteiger partial charge in [-0.25, -0.2) is 4.79 Å². The number of carbonyl (C=O) groups is 1. The van der Waals surface area contributed by atoms with Crippen LogP contribution in [0.3, 0.4) is 0 Å². The molecule has 23 heavy (non-hydrogen) atoms. The van der Waals surface area contributed by atoms with Crippen LogP contribution in [0, 0.1) is 0 Å². The fourth-order valence-electron chi connectivity index (χ4n) is 3.53. The molecule has 0 radical (unpaired) electrons. The molecule has 2 fully saturated rings. The summed E-state index contributed by atoms with van der Waals surface area (Å²) in [4.78, 5) is 15.8. The van der Waals surface area contributed by atoms with E-state index in [0.717, 1.165) is 64.2 Å². The van der Waals surface area contributed by atoms with E-state index < -0.39 is 0 Å². The van der Waals surface area contributed by atoms with Crippen LogP contribution in [0.15, 0.2) is 30.3 Å². The lowest BCUT2D eigenvalue weighted by molar-refractivity contribution is -0.00926. The Kier molecular flexibility index (Phi) is 5.06. The maximum absolute atomic E-state index is 11.7. The summed E-state index contributed by atoms with van der Waals surface area (Å²) in [6.07, 6.45) is 4.05. The molecule has 3 rings (SSSR count). The number of amides is 1. The molecule has 2 aliphatic rings. The predicted octanol–water partition coefficient (Wildman–Crippen LogP) is 2.76. The molecule has 1 amide bonds. The van der Waals surface area contributed by atoms with Gasteiger partial charge in [0.05, 0.1) is 13.2 Å². The van der Waals surface area contributed by atoms with Gasteiger partial charge in [-0.3, -0.25) is 4.90 Å². The van der Waals surface area contributed by atoms with Crippen LogP contribution >= 0.6 is 0 Å². The van der Waals surface area contributed by atoms with Gasteiger partial charge < -0.3 is 14.4 Å². The Morgan fingerprint density at radius 2 is 2.04 bits per heavy atom. The normalized spacial score (nSPS) is 24.9. The van der Waals surface area contributed by atoms with Crippen LogP contribution in [-0.2, 0) is 4.74 Å². The van der Waals surface area contributed by atoms with Crippen LogP contribution in [0.5, 0.6) is 5.75 Å². The number of piperidine rings is 1. The molecule has 1 aromatic carbocycles.